The highest BCUT2D eigenvalue weighted by atomic mass is 32.1. The number of carbonyl (C=O) groups is 1. The van der Waals surface area contributed by atoms with Gasteiger partial charge < -0.3 is 14.2 Å². The van der Waals surface area contributed by atoms with Crippen molar-refractivity contribution in [1.82, 2.24) is 0 Å². The second-order valence-corrected chi connectivity index (χ2v) is 5.06. The summed E-state index contributed by atoms with van der Waals surface area (Å²) in [5, 5.41) is 1.90. The fourth-order valence-corrected chi connectivity index (χ4v) is 2.89. The van der Waals surface area contributed by atoms with E-state index >= 15 is 0 Å². The summed E-state index contributed by atoms with van der Waals surface area (Å²) in [7, 11) is 4.57. The van der Waals surface area contributed by atoms with Crippen molar-refractivity contribution in [3.05, 3.63) is 39.6 Å². The number of rotatable bonds is 5. The van der Waals surface area contributed by atoms with E-state index in [0.717, 1.165) is 5.56 Å². The van der Waals surface area contributed by atoms with Crippen LogP contribution in [0.4, 0.5) is 0 Å². The molecule has 1 aromatic heterocycles. The first kappa shape index (κ1) is 14.4. The van der Waals surface area contributed by atoms with Crippen LogP contribution in [0.3, 0.4) is 0 Å². The quantitative estimate of drug-likeness (QED) is 0.793. The van der Waals surface area contributed by atoms with E-state index in [9.17, 15) is 4.79 Å². The summed E-state index contributed by atoms with van der Waals surface area (Å²) < 4.78 is 15.9. The lowest BCUT2D eigenvalue weighted by molar-refractivity contribution is 0.103. The van der Waals surface area contributed by atoms with Gasteiger partial charge in [0.2, 0.25) is 11.5 Å². The van der Waals surface area contributed by atoms with Crippen LogP contribution >= 0.6 is 11.3 Å². The molecule has 0 fully saturated rings. The van der Waals surface area contributed by atoms with E-state index in [-0.39, 0.29) is 5.78 Å². The van der Waals surface area contributed by atoms with Crippen LogP contribution in [0.5, 0.6) is 17.2 Å². The minimum atomic E-state index is -0.0738. The van der Waals surface area contributed by atoms with E-state index in [1.165, 1.54) is 25.6 Å². The van der Waals surface area contributed by atoms with Gasteiger partial charge >= 0.3 is 0 Å². The van der Waals surface area contributed by atoms with Crippen LogP contribution in [0.2, 0.25) is 0 Å². The summed E-state index contributed by atoms with van der Waals surface area (Å²) in [6.45, 7) is 1.91. The summed E-state index contributed by atoms with van der Waals surface area (Å²) in [6, 6.07) is 5.32. The Morgan fingerprint density at radius 3 is 2.20 bits per heavy atom. The lowest BCUT2D eigenvalue weighted by atomic mass is 10.1. The first-order chi connectivity index (χ1) is 9.63. The van der Waals surface area contributed by atoms with Crippen molar-refractivity contribution >= 4 is 17.1 Å². The Balaban J connectivity index is 2.57. The molecule has 0 saturated heterocycles. The second-order valence-electron chi connectivity index (χ2n) is 4.14. The fourth-order valence-electron chi connectivity index (χ4n) is 2.01. The summed E-state index contributed by atoms with van der Waals surface area (Å²) in [4.78, 5) is 13.3. The van der Waals surface area contributed by atoms with E-state index < -0.39 is 0 Å². The molecule has 106 valence electrons. The molecule has 2 aromatic rings. The van der Waals surface area contributed by atoms with Crippen molar-refractivity contribution in [3.63, 3.8) is 0 Å². The highest BCUT2D eigenvalue weighted by Gasteiger charge is 2.23. The van der Waals surface area contributed by atoms with E-state index in [0.29, 0.717) is 27.7 Å². The minimum Gasteiger partial charge on any atom is -0.493 e. The largest absolute Gasteiger partial charge is 0.493 e. The molecular weight excluding hydrogens is 276 g/mol. The maximum atomic E-state index is 12.6. The Morgan fingerprint density at radius 2 is 1.70 bits per heavy atom. The van der Waals surface area contributed by atoms with Gasteiger partial charge in [0.05, 0.1) is 31.8 Å². The summed E-state index contributed by atoms with van der Waals surface area (Å²) in [5.41, 5.74) is 1.42. The molecule has 5 heteroatoms. The van der Waals surface area contributed by atoms with Gasteiger partial charge in [0.1, 0.15) is 0 Å². The third-order valence-corrected chi connectivity index (χ3v) is 4.03. The molecule has 0 N–H and O–H groups in total. The third kappa shape index (κ3) is 2.36. The zero-order valence-corrected chi connectivity index (χ0v) is 12.7. The summed E-state index contributed by atoms with van der Waals surface area (Å²) in [5.74, 6) is 1.28. The van der Waals surface area contributed by atoms with Crippen LogP contribution in [0.15, 0.2) is 23.6 Å². The van der Waals surface area contributed by atoms with Crippen molar-refractivity contribution < 1.29 is 19.0 Å². The summed E-state index contributed by atoms with van der Waals surface area (Å²) >= 11 is 1.42. The molecule has 4 nitrogen and oxygen atoms in total. The van der Waals surface area contributed by atoms with Crippen LogP contribution in [-0.4, -0.2) is 27.1 Å². The van der Waals surface area contributed by atoms with Gasteiger partial charge in [-0.25, -0.2) is 0 Å². The van der Waals surface area contributed by atoms with E-state index in [2.05, 4.69) is 0 Å². The van der Waals surface area contributed by atoms with Gasteiger partial charge in [0.15, 0.2) is 11.5 Å². The number of hydrogen-bond donors (Lipinski definition) is 0. The molecule has 1 aromatic carbocycles. The number of hydrogen-bond acceptors (Lipinski definition) is 5. The molecule has 0 aliphatic heterocycles. The Morgan fingerprint density at radius 1 is 1.00 bits per heavy atom. The number of carbonyl (C=O) groups excluding carboxylic acids is 1. The van der Waals surface area contributed by atoms with Crippen molar-refractivity contribution in [2.45, 2.75) is 6.92 Å². The number of methoxy groups -OCH3 is 3. The highest BCUT2D eigenvalue weighted by molar-refractivity contribution is 7.12. The van der Waals surface area contributed by atoms with Gasteiger partial charge in [-0.05, 0) is 36.1 Å². The van der Waals surface area contributed by atoms with Crippen molar-refractivity contribution in [2.75, 3.05) is 21.3 Å². The number of benzene rings is 1. The van der Waals surface area contributed by atoms with Gasteiger partial charge in [0, 0.05) is 0 Å². The van der Waals surface area contributed by atoms with E-state index in [1.807, 2.05) is 18.4 Å². The van der Waals surface area contributed by atoms with Gasteiger partial charge in [-0.15, -0.1) is 11.3 Å². The van der Waals surface area contributed by atoms with Gasteiger partial charge in [0.25, 0.3) is 0 Å². The molecule has 0 aliphatic carbocycles. The molecule has 1 heterocycles. The molecule has 0 spiro atoms. The molecule has 0 amide bonds. The number of ketones is 1. The molecule has 0 atom stereocenters. The predicted octanol–water partition coefficient (Wildman–Crippen LogP) is 3.31. The van der Waals surface area contributed by atoms with Gasteiger partial charge in [-0.1, -0.05) is 0 Å². The zero-order chi connectivity index (χ0) is 14.7. The summed E-state index contributed by atoms with van der Waals surface area (Å²) in [6.07, 6.45) is 0. The topological polar surface area (TPSA) is 44.8 Å². The zero-order valence-electron chi connectivity index (χ0n) is 11.9. The number of ether oxygens (including phenoxy) is 3. The van der Waals surface area contributed by atoms with Crippen LogP contribution in [-0.2, 0) is 0 Å². The van der Waals surface area contributed by atoms with Crippen LogP contribution in [0, 0.1) is 6.92 Å². The molecular formula is C15H16O4S. The molecule has 0 unspecified atom stereocenters. The van der Waals surface area contributed by atoms with E-state index in [1.54, 1.807) is 19.2 Å². The maximum absolute atomic E-state index is 12.6. The fraction of sp³-hybridized carbons (Fsp3) is 0.267. The van der Waals surface area contributed by atoms with Gasteiger partial charge in [-0.3, -0.25) is 4.79 Å². The van der Waals surface area contributed by atoms with E-state index in [4.69, 9.17) is 14.2 Å². The van der Waals surface area contributed by atoms with Crippen LogP contribution in [0.1, 0.15) is 20.8 Å². The third-order valence-electron chi connectivity index (χ3n) is 3.02. The predicted molar refractivity (Wildman–Crippen MR) is 78.6 cm³/mol. The van der Waals surface area contributed by atoms with Crippen molar-refractivity contribution in [1.29, 1.82) is 0 Å². The van der Waals surface area contributed by atoms with Crippen molar-refractivity contribution in [3.8, 4) is 17.2 Å². The lowest BCUT2D eigenvalue weighted by Gasteiger charge is -2.14. The Bertz CT molecular complexity index is 631. The highest BCUT2D eigenvalue weighted by Crippen LogP contribution is 2.41. The average Bonchev–Trinajstić information content (AvgIpc) is 2.90. The van der Waals surface area contributed by atoms with Gasteiger partial charge in [-0.2, -0.15) is 0 Å². The Hall–Kier alpha value is -2.01. The number of aryl methyl sites for hydroxylation is 1. The van der Waals surface area contributed by atoms with Crippen LogP contribution < -0.4 is 14.2 Å². The molecule has 2 rings (SSSR count). The molecule has 0 aliphatic rings. The molecule has 0 saturated carbocycles. The SMILES string of the molecule is COc1ccc(C(=O)c2sccc2C)c(OC)c1OC. The smallest absolute Gasteiger partial charge is 0.207 e. The first-order valence-electron chi connectivity index (χ1n) is 6.01. The first-order valence-corrected chi connectivity index (χ1v) is 6.89. The molecule has 20 heavy (non-hydrogen) atoms. The minimum absolute atomic E-state index is 0.0738. The molecule has 0 radical (unpaired) electrons. The Kier molecular flexibility index (Phi) is 4.29. The lowest BCUT2D eigenvalue weighted by Crippen LogP contribution is -2.05. The Labute approximate surface area is 121 Å². The number of thiophene rings is 1. The van der Waals surface area contributed by atoms with Crippen molar-refractivity contribution in [2.24, 2.45) is 0 Å². The normalized spacial score (nSPS) is 10.2. The average molecular weight is 292 g/mol. The van der Waals surface area contributed by atoms with Crippen LogP contribution in [0.25, 0.3) is 0 Å². The molecule has 0 bridgehead atoms. The monoisotopic (exact) mass is 292 g/mol. The maximum Gasteiger partial charge on any atom is 0.207 e. The second kappa shape index (κ2) is 5.96. The standard InChI is InChI=1S/C15H16O4S/c1-9-7-8-20-15(9)12(16)10-5-6-11(17-2)14(19-4)13(10)18-3/h5-8H,1-4H3.